The summed E-state index contributed by atoms with van der Waals surface area (Å²) in [6.45, 7) is -1.30. The van der Waals surface area contributed by atoms with Crippen LogP contribution in [0.4, 0.5) is 0 Å². The lowest BCUT2D eigenvalue weighted by molar-refractivity contribution is -0.328. The minimum Gasteiger partial charge on any atom is -0.571 e. The van der Waals surface area contributed by atoms with E-state index in [4.69, 9.17) is 33.2 Å². The standard InChI is InChI=1S/C38H42O20/c1-51-23-7-15(8-24(52-2)29(23)44)3-6-28(43)53-13-26-30(45)32(47)34(49)37(57-26)54-14-27-31(46)33(48)35(50)38(58-27)56-25-12-18-20(41)10-17(39)11-22(18)55-36(25)16-4-5-19(40)21(42)9-16/h3-12,26-27,30-42,44-50H,13-14H2,1-2H3/p+1. The highest BCUT2D eigenvalue weighted by molar-refractivity contribution is 5.87. The molecule has 20 heteroatoms. The number of phenols is 5. The van der Waals surface area contributed by atoms with E-state index in [1.165, 1.54) is 62.8 Å². The van der Waals surface area contributed by atoms with E-state index in [9.17, 15) is 61.0 Å². The zero-order valence-electron chi connectivity index (χ0n) is 30.7. The molecule has 3 aliphatic rings. The predicted molar refractivity (Wildman–Crippen MR) is 194 cm³/mol. The molecular formula is C38H43O20+. The number of fused-ring (bicyclic) bond motifs is 1. The molecule has 20 nitrogen and oxygen atoms in total. The third-order valence-electron chi connectivity index (χ3n) is 9.58. The molecule has 314 valence electrons. The lowest BCUT2D eigenvalue weighted by Gasteiger charge is -2.43. The third-order valence-corrected chi connectivity index (χ3v) is 9.58. The number of benzene rings is 3. The first-order chi connectivity index (χ1) is 27.6. The van der Waals surface area contributed by atoms with Crippen LogP contribution in [0, 0.1) is 0 Å². The van der Waals surface area contributed by atoms with E-state index in [1.807, 2.05) is 0 Å². The van der Waals surface area contributed by atoms with E-state index in [-0.39, 0.29) is 45.6 Å². The first kappa shape index (κ1) is 42.1. The number of phenolic OH excluding ortho intramolecular Hbond substituents is 5. The molecule has 3 aliphatic heterocycles. The smallest absolute Gasteiger partial charge is 0.330 e. The molecule has 0 radical (unpaired) electrons. The number of hydrogen-bond donors (Lipinski definition) is 11. The average molecular weight is 820 g/mol. The maximum absolute atomic E-state index is 12.5. The van der Waals surface area contributed by atoms with Crippen LogP contribution in [0.2, 0.25) is 0 Å². The van der Waals surface area contributed by atoms with Crippen molar-refractivity contribution in [1.29, 1.82) is 0 Å². The molecule has 6 rings (SSSR count). The molecule has 3 heterocycles. The topological polar surface area (TPSA) is 317 Å². The van der Waals surface area contributed by atoms with Gasteiger partial charge in [0.15, 0.2) is 35.0 Å². The summed E-state index contributed by atoms with van der Waals surface area (Å²) in [6, 6.07) is 8.93. The van der Waals surface area contributed by atoms with Crippen molar-refractivity contribution in [3.05, 3.63) is 71.0 Å². The molecule has 0 amide bonds. The number of ether oxygens (including phenoxy) is 8. The average Bonchev–Trinajstić information content (AvgIpc) is 3.20. The Labute approximate surface area is 328 Å². The Bertz CT molecular complexity index is 1990. The second-order valence-electron chi connectivity index (χ2n) is 13.4. The van der Waals surface area contributed by atoms with Gasteiger partial charge >= 0.3 is 5.97 Å². The number of aliphatic hydroxyl groups is 7. The Balaban J connectivity index is 1.13. The van der Waals surface area contributed by atoms with Crippen LogP contribution >= 0.6 is 0 Å². The van der Waals surface area contributed by atoms with E-state index in [1.54, 1.807) is 0 Å². The Hall–Kier alpha value is -5.55. The minimum absolute atomic E-state index is 0.0816. The lowest BCUT2D eigenvalue weighted by Crippen LogP contribution is -2.61. The van der Waals surface area contributed by atoms with Gasteiger partial charge in [0, 0.05) is 18.2 Å². The third kappa shape index (κ3) is 8.79. The summed E-state index contributed by atoms with van der Waals surface area (Å²) in [7, 11) is 2.66. The number of methoxy groups -OCH3 is 2. The van der Waals surface area contributed by atoms with Crippen LogP contribution in [-0.4, -0.2) is 156 Å². The molecular weight excluding hydrogens is 776 g/mol. The van der Waals surface area contributed by atoms with Gasteiger partial charge in [-0.25, -0.2) is 4.79 Å². The van der Waals surface area contributed by atoms with Gasteiger partial charge in [-0.05, 0) is 42.0 Å². The van der Waals surface area contributed by atoms with E-state index >= 15 is 0 Å². The molecule has 58 heavy (non-hydrogen) atoms. The van der Waals surface area contributed by atoms with E-state index in [0.29, 0.717) is 5.56 Å². The molecule has 3 aromatic rings. The Kier molecular flexibility index (Phi) is 12.7. The minimum atomic E-state index is -1.91. The summed E-state index contributed by atoms with van der Waals surface area (Å²) in [5, 5.41) is 115. The van der Waals surface area contributed by atoms with Gasteiger partial charge in [0.05, 0.1) is 32.5 Å². The number of aliphatic hydroxyl groups excluding tert-OH is 6. The first-order valence-electron chi connectivity index (χ1n) is 17.6. The molecule has 11 atom stereocenters. The number of rotatable bonds is 12. The van der Waals surface area contributed by atoms with Crippen LogP contribution in [0.1, 0.15) is 22.8 Å². The highest BCUT2D eigenvalue weighted by atomic mass is 16.7. The van der Waals surface area contributed by atoms with Gasteiger partial charge in [0.2, 0.25) is 12.0 Å². The normalized spacial score (nSPS) is 29.5. The van der Waals surface area contributed by atoms with Crippen molar-refractivity contribution in [2.24, 2.45) is 0 Å². The van der Waals surface area contributed by atoms with Gasteiger partial charge in [0.25, 0.3) is 11.9 Å². The first-order valence-corrected chi connectivity index (χ1v) is 17.6. The highest BCUT2D eigenvalue weighted by Crippen LogP contribution is 2.46. The molecule has 2 saturated heterocycles. The van der Waals surface area contributed by atoms with Crippen LogP contribution in [0.25, 0.3) is 12.2 Å². The summed E-state index contributed by atoms with van der Waals surface area (Å²) in [4.78, 5) is 12.5. The largest absolute Gasteiger partial charge is 0.571 e. The summed E-state index contributed by atoms with van der Waals surface area (Å²) < 4.78 is 42.8. The summed E-state index contributed by atoms with van der Waals surface area (Å²) >= 11 is 0. The van der Waals surface area contributed by atoms with Gasteiger partial charge < -0.3 is 94.1 Å². The molecule has 0 bridgehead atoms. The number of esters is 1. The van der Waals surface area contributed by atoms with Gasteiger partial charge in [-0.1, -0.05) is 0 Å². The number of carbonyl (C=O) groups excluding carboxylic acids is 1. The van der Waals surface area contributed by atoms with Gasteiger partial charge in [0.1, 0.15) is 72.5 Å². The van der Waals surface area contributed by atoms with Crippen molar-refractivity contribution in [2.75, 3.05) is 27.4 Å². The molecule has 12 N–H and O–H groups in total. The molecule has 0 saturated carbocycles. The summed E-state index contributed by atoms with van der Waals surface area (Å²) in [5.41, 5.74) is 0.743. The molecule has 0 aromatic heterocycles. The Morgan fingerprint density at radius 3 is 1.98 bits per heavy atom. The maximum Gasteiger partial charge on any atom is 0.330 e. The highest BCUT2D eigenvalue weighted by Gasteiger charge is 2.49. The molecule has 11 unspecified atom stereocenters. The summed E-state index contributed by atoms with van der Waals surface area (Å²) in [5.74, 6) is -2.61. The van der Waals surface area contributed by atoms with Crippen molar-refractivity contribution in [3.63, 3.8) is 0 Å². The van der Waals surface area contributed by atoms with Gasteiger partial charge in [-0.15, -0.1) is 0 Å². The van der Waals surface area contributed by atoms with Crippen molar-refractivity contribution < 1.29 is 98.9 Å². The molecule has 0 spiro atoms. The fourth-order valence-corrected chi connectivity index (χ4v) is 6.39. The summed E-state index contributed by atoms with van der Waals surface area (Å²) in [6.07, 6.45) is -15.0. The Morgan fingerprint density at radius 1 is 0.724 bits per heavy atom. The number of hydrogen-bond acceptors (Lipinski definition) is 19. The fraction of sp³-hybridized carbons (Fsp3) is 0.395. The van der Waals surface area contributed by atoms with Crippen LogP contribution in [0.5, 0.6) is 46.0 Å². The second-order valence-corrected chi connectivity index (χ2v) is 13.4. The molecule has 2 fully saturated rings. The zero-order chi connectivity index (χ0) is 42.0. The van der Waals surface area contributed by atoms with Crippen LogP contribution < -0.4 is 9.47 Å². The lowest BCUT2D eigenvalue weighted by atomic mass is 9.98. The van der Waals surface area contributed by atoms with Crippen LogP contribution in [-0.2, 0) is 28.5 Å². The fourth-order valence-electron chi connectivity index (χ4n) is 6.39. The van der Waals surface area contributed by atoms with Crippen LogP contribution in [0.15, 0.2) is 54.3 Å². The predicted octanol–water partition coefficient (Wildman–Crippen LogP) is -0.526. The number of aromatic hydroxyl groups is 6. The zero-order valence-corrected chi connectivity index (χ0v) is 30.7. The monoisotopic (exact) mass is 819 g/mol. The van der Waals surface area contributed by atoms with Crippen LogP contribution in [0.3, 0.4) is 0 Å². The van der Waals surface area contributed by atoms with Crippen molar-refractivity contribution in [2.45, 2.75) is 67.5 Å². The van der Waals surface area contributed by atoms with E-state index in [0.717, 1.165) is 12.1 Å². The van der Waals surface area contributed by atoms with Crippen molar-refractivity contribution >= 4 is 18.1 Å². The molecule has 3 aromatic carbocycles. The van der Waals surface area contributed by atoms with Gasteiger partial charge in [-0.2, -0.15) is 0 Å². The van der Waals surface area contributed by atoms with Crippen molar-refractivity contribution in [1.82, 2.24) is 0 Å². The van der Waals surface area contributed by atoms with E-state index in [2.05, 4.69) is 4.74 Å². The van der Waals surface area contributed by atoms with Gasteiger partial charge in [-0.3, -0.25) is 0 Å². The maximum atomic E-state index is 12.5. The second kappa shape index (κ2) is 17.5. The SMILES string of the molecule is COc1cc(C=CC(=O)OCC2OC(OCC3OC(OC4=Cc5c(O)cc(O)cc5[OH+]C4c4ccc(O)c(O)c4)C(O)C(O)C3O)C(O)C(O)C2O)cc(OC)c1O. The number of carbonyl (C=O) groups is 1. The van der Waals surface area contributed by atoms with E-state index < -0.39 is 104 Å². The molecule has 0 aliphatic carbocycles. The quantitative estimate of drug-likeness (QED) is 0.0474. The Morgan fingerprint density at radius 2 is 1.34 bits per heavy atom. The van der Waals surface area contributed by atoms with Crippen molar-refractivity contribution in [3.8, 4) is 46.0 Å².